The molecule has 0 atom stereocenters. The fourth-order valence-corrected chi connectivity index (χ4v) is 2.44. The van der Waals surface area contributed by atoms with E-state index < -0.39 is 5.09 Å². The lowest BCUT2D eigenvalue weighted by molar-refractivity contribution is -0.742. The largest absolute Gasteiger partial charge is 0.372 e. The lowest BCUT2D eigenvalue weighted by Crippen LogP contribution is -2.22. The molecule has 2 rings (SSSR count). The van der Waals surface area contributed by atoms with Crippen LogP contribution in [-0.4, -0.2) is 29.2 Å². The third kappa shape index (κ3) is 5.35. The van der Waals surface area contributed by atoms with Crippen LogP contribution in [0.5, 0.6) is 0 Å². The van der Waals surface area contributed by atoms with E-state index in [0.717, 1.165) is 25.3 Å². The van der Waals surface area contributed by atoms with Gasteiger partial charge >= 0.3 is 0 Å². The average Bonchev–Trinajstić information content (AvgIpc) is 2.84. The second-order valence-electron chi connectivity index (χ2n) is 6.51. The van der Waals surface area contributed by atoms with Gasteiger partial charge in [-0.25, -0.2) is 0 Å². The standard InChI is InChI=1S/C16H24N2.HNO3/c1-11-8-13(16(3,4)5)9-12(2)14(11)10-15-17-6-7-18-15;2-1(3)4/h8-9H,6-7,10H2,1-5H3,(H,17,18);(H,2,3,4). The van der Waals surface area contributed by atoms with Crippen molar-refractivity contribution in [1.29, 1.82) is 0 Å². The van der Waals surface area contributed by atoms with Gasteiger partial charge in [-0.2, -0.15) is 0 Å². The molecule has 22 heavy (non-hydrogen) atoms. The first kappa shape index (κ1) is 17.9. The second kappa shape index (κ2) is 7.24. The predicted molar refractivity (Wildman–Crippen MR) is 87.4 cm³/mol. The Morgan fingerprint density at radius 1 is 1.32 bits per heavy atom. The predicted octanol–water partition coefficient (Wildman–Crippen LogP) is 2.80. The van der Waals surface area contributed by atoms with Crippen molar-refractivity contribution in [2.75, 3.05) is 13.1 Å². The molecule has 0 radical (unpaired) electrons. The van der Waals surface area contributed by atoms with Crippen LogP contribution in [0.3, 0.4) is 0 Å². The molecule has 122 valence electrons. The van der Waals surface area contributed by atoms with Crippen LogP contribution in [-0.2, 0) is 11.8 Å². The van der Waals surface area contributed by atoms with E-state index in [2.05, 4.69) is 57.1 Å². The van der Waals surface area contributed by atoms with E-state index in [1.807, 2.05) is 0 Å². The third-order valence-corrected chi connectivity index (χ3v) is 3.65. The summed E-state index contributed by atoms with van der Waals surface area (Å²) >= 11 is 0. The molecule has 6 heteroatoms. The number of aliphatic imine (C=N–C) groups is 1. The van der Waals surface area contributed by atoms with Crippen molar-refractivity contribution < 1.29 is 10.3 Å². The van der Waals surface area contributed by atoms with Gasteiger partial charge in [0.2, 0.25) is 0 Å². The average molecular weight is 307 g/mol. The molecular formula is C16H25N3O3. The summed E-state index contributed by atoms with van der Waals surface area (Å²) in [6, 6.07) is 4.66. The maximum absolute atomic E-state index is 8.36. The van der Waals surface area contributed by atoms with Gasteiger partial charge in [0.1, 0.15) is 5.84 Å². The van der Waals surface area contributed by atoms with Gasteiger partial charge in [-0.3, -0.25) is 4.99 Å². The Bertz CT molecular complexity index is 547. The Morgan fingerprint density at radius 3 is 2.18 bits per heavy atom. The van der Waals surface area contributed by atoms with Crippen LogP contribution in [0, 0.1) is 24.0 Å². The van der Waals surface area contributed by atoms with Crippen molar-refractivity contribution in [3.63, 3.8) is 0 Å². The van der Waals surface area contributed by atoms with E-state index in [0.29, 0.717) is 0 Å². The zero-order valence-corrected chi connectivity index (χ0v) is 13.9. The van der Waals surface area contributed by atoms with Crippen LogP contribution in [0.25, 0.3) is 0 Å². The maximum atomic E-state index is 8.36. The highest BCUT2D eigenvalue weighted by atomic mass is 16.9. The van der Waals surface area contributed by atoms with Crippen LogP contribution in [0.2, 0.25) is 0 Å². The molecule has 0 aromatic heterocycles. The Morgan fingerprint density at radius 2 is 1.82 bits per heavy atom. The first-order valence-corrected chi connectivity index (χ1v) is 7.32. The summed E-state index contributed by atoms with van der Waals surface area (Å²) in [5.41, 5.74) is 5.84. The monoisotopic (exact) mass is 307 g/mol. The summed E-state index contributed by atoms with van der Waals surface area (Å²) in [7, 11) is 0. The summed E-state index contributed by atoms with van der Waals surface area (Å²) in [6.07, 6.45) is 0.947. The number of hydrogen-bond acceptors (Lipinski definition) is 4. The van der Waals surface area contributed by atoms with Gasteiger partial charge in [-0.1, -0.05) is 32.9 Å². The molecule has 0 amide bonds. The summed E-state index contributed by atoms with van der Waals surface area (Å²) in [6.45, 7) is 13.2. The minimum atomic E-state index is -1.50. The minimum absolute atomic E-state index is 0.219. The number of nitrogens with one attached hydrogen (secondary N) is 1. The van der Waals surface area contributed by atoms with Crippen molar-refractivity contribution >= 4 is 5.84 Å². The molecule has 0 saturated heterocycles. The molecule has 2 N–H and O–H groups in total. The van der Waals surface area contributed by atoms with E-state index >= 15 is 0 Å². The summed E-state index contributed by atoms with van der Waals surface area (Å²) in [5, 5.41) is 17.0. The summed E-state index contributed by atoms with van der Waals surface area (Å²) in [4.78, 5) is 12.9. The topological polar surface area (TPSA) is 87.8 Å². The Hall–Kier alpha value is -2.11. The highest BCUT2D eigenvalue weighted by molar-refractivity contribution is 5.86. The van der Waals surface area contributed by atoms with Gasteiger partial charge in [0.25, 0.3) is 5.09 Å². The SMILES string of the molecule is Cc1cc(C(C)(C)C)cc(C)c1CC1=NCCN1.O=[N+]([O-])O. The molecule has 0 spiro atoms. The van der Waals surface area contributed by atoms with E-state index in [1.54, 1.807) is 0 Å². The van der Waals surface area contributed by atoms with Gasteiger partial charge in [0.05, 0.1) is 6.54 Å². The highest BCUT2D eigenvalue weighted by Crippen LogP contribution is 2.27. The third-order valence-electron chi connectivity index (χ3n) is 3.65. The number of nitrogens with zero attached hydrogens (tertiary/aromatic N) is 2. The number of amidine groups is 1. The minimum Gasteiger partial charge on any atom is -0.372 e. The summed E-state index contributed by atoms with van der Waals surface area (Å²) in [5.74, 6) is 1.14. The van der Waals surface area contributed by atoms with E-state index in [1.165, 1.54) is 22.3 Å². The Balaban J connectivity index is 0.000000541. The molecule has 1 aliphatic rings. The van der Waals surface area contributed by atoms with Crippen molar-refractivity contribution in [3.05, 3.63) is 44.5 Å². The van der Waals surface area contributed by atoms with E-state index in [-0.39, 0.29) is 5.41 Å². The zero-order chi connectivity index (χ0) is 16.9. The van der Waals surface area contributed by atoms with Gasteiger partial charge in [-0.05, 0) is 41.5 Å². The quantitative estimate of drug-likeness (QED) is 0.649. The molecule has 0 saturated carbocycles. The normalized spacial score (nSPS) is 13.8. The van der Waals surface area contributed by atoms with E-state index in [4.69, 9.17) is 15.3 Å². The van der Waals surface area contributed by atoms with Gasteiger partial charge in [0.15, 0.2) is 0 Å². The Labute approximate surface area is 131 Å². The first-order valence-electron chi connectivity index (χ1n) is 7.32. The number of aryl methyl sites for hydroxylation is 2. The zero-order valence-electron chi connectivity index (χ0n) is 13.9. The fraction of sp³-hybridized carbons (Fsp3) is 0.562. The second-order valence-corrected chi connectivity index (χ2v) is 6.51. The first-order chi connectivity index (χ1) is 10.1. The van der Waals surface area contributed by atoms with Gasteiger partial charge in [0, 0.05) is 13.0 Å². The van der Waals surface area contributed by atoms with E-state index in [9.17, 15) is 0 Å². The Kier molecular flexibility index (Phi) is 5.91. The van der Waals surface area contributed by atoms with Crippen molar-refractivity contribution in [2.24, 2.45) is 4.99 Å². The molecule has 6 nitrogen and oxygen atoms in total. The summed E-state index contributed by atoms with van der Waals surface area (Å²) < 4.78 is 0. The van der Waals surface area contributed by atoms with Crippen LogP contribution in [0.4, 0.5) is 0 Å². The van der Waals surface area contributed by atoms with Crippen LogP contribution in [0.1, 0.15) is 43.0 Å². The molecule has 0 fully saturated rings. The molecule has 1 aromatic rings. The van der Waals surface area contributed by atoms with Crippen molar-refractivity contribution in [2.45, 2.75) is 46.5 Å². The van der Waals surface area contributed by atoms with Gasteiger partial charge < -0.3 is 10.5 Å². The fourth-order valence-electron chi connectivity index (χ4n) is 2.44. The number of benzene rings is 1. The highest BCUT2D eigenvalue weighted by Gasteiger charge is 2.17. The van der Waals surface area contributed by atoms with Crippen LogP contribution < -0.4 is 5.32 Å². The van der Waals surface area contributed by atoms with Gasteiger partial charge in [-0.15, -0.1) is 10.1 Å². The molecule has 0 bridgehead atoms. The lowest BCUT2D eigenvalue weighted by atomic mass is 9.83. The van der Waals surface area contributed by atoms with Crippen LogP contribution >= 0.6 is 0 Å². The van der Waals surface area contributed by atoms with Crippen molar-refractivity contribution in [3.8, 4) is 0 Å². The molecule has 1 aromatic carbocycles. The van der Waals surface area contributed by atoms with Crippen LogP contribution in [0.15, 0.2) is 17.1 Å². The lowest BCUT2D eigenvalue weighted by Gasteiger charge is -2.22. The number of rotatable bonds is 2. The number of hydrogen-bond donors (Lipinski definition) is 2. The molecule has 0 unspecified atom stereocenters. The molecule has 1 aliphatic heterocycles. The maximum Gasteiger partial charge on any atom is 0.291 e. The smallest absolute Gasteiger partial charge is 0.291 e. The molecule has 1 heterocycles. The molecular weight excluding hydrogens is 282 g/mol. The van der Waals surface area contributed by atoms with Crippen molar-refractivity contribution in [1.82, 2.24) is 5.32 Å². The molecule has 0 aliphatic carbocycles.